The van der Waals surface area contributed by atoms with E-state index in [0.717, 1.165) is 17.7 Å². The normalized spacial score (nSPS) is 26.5. The minimum absolute atomic E-state index is 0.0155. The number of hydrogen-bond acceptors (Lipinski definition) is 6. The molecule has 6 nitrogen and oxygen atoms in total. The Morgan fingerprint density at radius 3 is 2.28 bits per heavy atom. The molecular formula is C28H29F2NO5. The number of nitrogens with zero attached hydrogens (tertiary/aromatic N) is 1. The van der Waals surface area contributed by atoms with Crippen LogP contribution in [0.25, 0.3) is 0 Å². The Labute approximate surface area is 208 Å². The number of para-hydroxylation sites is 1. The molecule has 5 rings (SSSR count). The Kier molecular flexibility index (Phi) is 6.94. The lowest BCUT2D eigenvalue weighted by atomic mass is 9.93. The summed E-state index contributed by atoms with van der Waals surface area (Å²) in [6.45, 7) is 0.608. The molecule has 0 bridgehead atoms. The van der Waals surface area contributed by atoms with E-state index >= 15 is 0 Å². The summed E-state index contributed by atoms with van der Waals surface area (Å²) in [6.07, 6.45) is -2.37. The molecular weight excluding hydrogens is 468 g/mol. The SMILES string of the molecule is O[C@H](CN1C[C@H]2C[C@H](Oc3ccccc3)[C@H](O)[C@@]2(O)C1)c1cc(F)c(OCc2ccccc2)c(F)c1. The molecule has 0 aromatic heterocycles. The lowest BCUT2D eigenvalue weighted by Crippen LogP contribution is -2.49. The van der Waals surface area contributed by atoms with Gasteiger partial charge in [0.15, 0.2) is 17.4 Å². The van der Waals surface area contributed by atoms with Crippen molar-refractivity contribution in [1.29, 1.82) is 0 Å². The Balaban J connectivity index is 1.20. The highest BCUT2D eigenvalue weighted by molar-refractivity contribution is 5.33. The first-order valence-electron chi connectivity index (χ1n) is 12.0. The maximum absolute atomic E-state index is 14.6. The van der Waals surface area contributed by atoms with Gasteiger partial charge in [0, 0.05) is 25.6 Å². The van der Waals surface area contributed by atoms with Gasteiger partial charge in [-0.2, -0.15) is 0 Å². The molecule has 3 aromatic rings. The Morgan fingerprint density at radius 2 is 1.64 bits per heavy atom. The van der Waals surface area contributed by atoms with Gasteiger partial charge in [0.25, 0.3) is 0 Å². The standard InChI is InChI=1S/C28H29F2NO5/c29-22-11-19(12-23(30)26(22)35-16-18-7-3-1-4-8-18)24(32)15-31-14-20-13-25(27(33)28(20,34)17-31)36-21-9-5-2-6-10-21/h1-12,20,24-25,27,32-34H,13-17H2/t20-,24-,25+,27+,28-/m1/s1. The van der Waals surface area contributed by atoms with Crippen molar-refractivity contribution < 1.29 is 33.6 Å². The van der Waals surface area contributed by atoms with Crippen LogP contribution < -0.4 is 9.47 Å². The van der Waals surface area contributed by atoms with E-state index in [4.69, 9.17) is 9.47 Å². The average molecular weight is 498 g/mol. The van der Waals surface area contributed by atoms with Crippen LogP contribution in [0.5, 0.6) is 11.5 Å². The highest BCUT2D eigenvalue weighted by Gasteiger charge is 2.59. The second-order valence-electron chi connectivity index (χ2n) is 9.64. The fourth-order valence-corrected chi connectivity index (χ4v) is 5.28. The predicted molar refractivity (Wildman–Crippen MR) is 128 cm³/mol. The molecule has 5 atom stereocenters. The zero-order valence-electron chi connectivity index (χ0n) is 19.6. The molecule has 0 amide bonds. The van der Waals surface area contributed by atoms with Gasteiger partial charge in [-0.15, -0.1) is 0 Å². The van der Waals surface area contributed by atoms with Gasteiger partial charge in [-0.05, 0) is 41.8 Å². The highest BCUT2D eigenvalue weighted by atomic mass is 19.1. The molecule has 2 aliphatic rings. The number of aliphatic hydroxyl groups excluding tert-OH is 2. The zero-order valence-corrected chi connectivity index (χ0v) is 19.6. The molecule has 1 aliphatic carbocycles. The van der Waals surface area contributed by atoms with Crippen molar-refractivity contribution in [2.45, 2.75) is 36.9 Å². The zero-order chi connectivity index (χ0) is 25.3. The third-order valence-electron chi connectivity index (χ3n) is 7.14. The van der Waals surface area contributed by atoms with Gasteiger partial charge in [0.2, 0.25) is 0 Å². The number of benzene rings is 3. The molecule has 3 aromatic carbocycles. The maximum atomic E-state index is 14.6. The largest absolute Gasteiger partial charge is 0.488 e. The molecule has 1 saturated heterocycles. The summed E-state index contributed by atoms with van der Waals surface area (Å²) in [6, 6.07) is 20.3. The van der Waals surface area contributed by atoms with E-state index in [-0.39, 0.29) is 31.2 Å². The molecule has 0 unspecified atom stereocenters. The van der Waals surface area contributed by atoms with Gasteiger partial charge in [0.1, 0.15) is 30.2 Å². The number of fused-ring (bicyclic) bond motifs is 1. The van der Waals surface area contributed by atoms with Crippen molar-refractivity contribution in [2.75, 3.05) is 19.6 Å². The topological polar surface area (TPSA) is 82.4 Å². The molecule has 3 N–H and O–H groups in total. The van der Waals surface area contributed by atoms with Crippen LogP contribution in [0.1, 0.15) is 23.7 Å². The lowest BCUT2D eigenvalue weighted by molar-refractivity contribution is -0.0875. The molecule has 1 heterocycles. The van der Waals surface area contributed by atoms with E-state index in [0.29, 0.717) is 18.7 Å². The van der Waals surface area contributed by atoms with Gasteiger partial charge in [-0.3, -0.25) is 4.90 Å². The lowest BCUT2D eigenvalue weighted by Gasteiger charge is -2.29. The first-order chi connectivity index (χ1) is 17.3. The smallest absolute Gasteiger partial charge is 0.191 e. The minimum Gasteiger partial charge on any atom is -0.488 e. The summed E-state index contributed by atoms with van der Waals surface area (Å²) in [7, 11) is 0. The van der Waals surface area contributed by atoms with Crippen LogP contribution in [-0.2, 0) is 6.61 Å². The number of ether oxygens (including phenoxy) is 2. The van der Waals surface area contributed by atoms with Gasteiger partial charge >= 0.3 is 0 Å². The number of rotatable bonds is 8. The molecule has 0 spiro atoms. The van der Waals surface area contributed by atoms with Gasteiger partial charge < -0.3 is 24.8 Å². The fourth-order valence-electron chi connectivity index (χ4n) is 5.28. The van der Waals surface area contributed by atoms with E-state index in [1.807, 2.05) is 36.4 Å². The summed E-state index contributed by atoms with van der Waals surface area (Å²) in [4.78, 5) is 1.80. The van der Waals surface area contributed by atoms with Gasteiger partial charge in [0.05, 0.1) is 6.10 Å². The summed E-state index contributed by atoms with van der Waals surface area (Å²) in [5.74, 6) is -1.91. The molecule has 36 heavy (non-hydrogen) atoms. The van der Waals surface area contributed by atoms with Gasteiger partial charge in [-0.25, -0.2) is 8.78 Å². The number of halogens is 2. The summed E-state index contributed by atoms with van der Waals surface area (Å²) >= 11 is 0. The van der Waals surface area contributed by atoms with Crippen LogP contribution in [0.2, 0.25) is 0 Å². The Bertz CT molecular complexity index is 1160. The van der Waals surface area contributed by atoms with Crippen molar-refractivity contribution in [3.05, 3.63) is 95.6 Å². The monoisotopic (exact) mass is 497 g/mol. The molecule has 1 saturated carbocycles. The van der Waals surface area contributed by atoms with E-state index in [2.05, 4.69) is 0 Å². The first-order valence-corrected chi connectivity index (χ1v) is 12.0. The number of hydrogen-bond donors (Lipinski definition) is 3. The van der Waals surface area contributed by atoms with Crippen LogP contribution >= 0.6 is 0 Å². The number of aliphatic hydroxyl groups is 3. The number of β-amino-alcohol motifs (C(OH)–C–C–N with tert-alkyl or cyclic N) is 2. The van der Waals surface area contributed by atoms with Crippen LogP contribution in [0.4, 0.5) is 8.78 Å². The van der Waals surface area contributed by atoms with Crippen LogP contribution in [0.3, 0.4) is 0 Å². The number of likely N-dealkylation sites (tertiary alicyclic amines) is 1. The maximum Gasteiger partial charge on any atom is 0.191 e. The van der Waals surface area contributed by atoms with E-state index in [1.165, 1.54) is 0 Å². The summed E-state index contributed by atoms with van der Waals surface area (Å²) in [5, 5.41) is 32.7. The second-order valence-corrected chi connectivity index (χ2v) is 9.64. The quantitative estimate of drug-likeness (QED) is 0.442. The third-order valence-corrected chi connectivity index (χ3v) is 7.14. The molecule has 8 heteroatoms. The van der Waals surface area contributed by atoms with Gasteiger partial charge in [-0.1, -0.05) is 48.5 Å². The minimum atomic E-state index is -1.38. The first kappa shape index (κ1) is 24.6. The van der Waals surface area contributed by atoms with Crippen LogP contribution in [0, 0.1) is 17.6 Å². The fraction of sp³-hybridized carbons (Fsp3) is 0.357. The van der Waals surface area contributed by atoms with E-state index in [1.54, 1.807) is 29.2 Å². The summed E-state index contributed by atoms with van der Waals surface area (Å²) < 4.78 is 40.5. The second kappa shape index (κ2) is 10.1. The van der Waals surface area contributed by atoms with Crippen molar-refractivity contribution in [2.24, 2.45) is 5.92 Å². The van der Waals surface area contributed by atoms with E-state index < -0.39 is 41.3 Å². The van der Waals surface area contributed by atoms with Crippen molar-refractivity contribution >= 4 is 0 Å². The molecule has 190 valence electrons. The van der Waals surface area contributed by atoms with Crippen LogP contribution in [0.15, 0.2) is 72.8 Å². The van der Waals surface area contributed by atoms with Crippen LogP contribution in [-0.4, -0.2) is 57.7 Å². The molecule has 1 aliphatic heterocycles. The Hall–Kier alpha value is -3.04. The summed E-state index contributed by atoms with van der Waals surface area (Å²) in [5.41, 5.74) is -0.534. The van der Waals surface area contributed by atoms with Crippen molar-refractivity contribution in [3.8, 4) is 11.5 Å². The van der Waals surface area contributed by atoms with Crippen molar-refractivity contribution in [3.63, 3.8) is 0 Å². The average Bonchev–Trinajstić information content (AvgIpc) is 3.29. The van der Waals surface area contributed by atoms with E-state index in [9.17, 15) is 24.1 Å². The Morgan fingerprint density at radius 1 is 1.00 bits per heavy atom. The molecule has 2 fully saturated rings. The molecule has 0 radical (unpaired) electrons. The third kappa shape index (κ3) is 4.95. The predicted octanol–water partition coefficient (Wildman–Crippen LogP) is 3.45. The van der Waals surface area contributed by atoms with Crippen molar-refractivity contribution in [1.82, 2.24) is 4.90 Å². The highest BCUT2D eigenvalue weighted by Crippen LogP contribution is 2.44.